The maximum Gasteiger partial charge on any atom is 0.116 e. The van der Waals surface area contributed by atoms with Gasteiger partial charge in [0, 0.05) is 0 Å². The minimum absolute atomic E-state index is 0. The molecule has 0 saturated heterocycles. The van der Waals surface area contributed by atoms with Crippen LogP contribution in [-0.2, 0) is 6.16 Å². The second-order valence-corrected chi connectivity index (χ2v) is 11.3. The molecule has 0 heterocycles. The molecule has 0 bridgehead atoms. The highest BCUT2D eigenvalue weighted by Gasteiger charge is 2.46. The Bertz CT molecular complexity index is 1000. The van der Waals surface area contributed by atoms with Crippen molar-refractivity contribution in [1.82, 2.24) is 0 Å². The minimum Gasteiger partial charge on any atom is -1.00 e. The molecule has 0 saturated carbocycles. The molecular formula is C28H28ClP. The van der Waals surface area contributed by atoms with E-state index >= 15 is 0 Å². The van der Waals surface area contributed by atoms with Crippen molar-refractivity contribution in [2.45, 2.75) is 25.9 Å². The zero-order chi connectivity index (χ0) is 20.1. The SMILES string of the molecule is CC(C)c1ccccc1[P+](Cc1ccccc1)(c1ccccc1)c1ccccc1.[Cl-]. The van der Waals surface area contributed by atoms with Crippen molar-refractivity contribution < 1.29 is 12.4 Å². The van der Waals surface area contributed by atoms with Crippen LogP contribution in [0.25, 0.3) is 0 Å². The van der Waals surface area contributed by atoms with E-state index in [1.165, 1.54) is 27.0 Å². The molecule has 0 N–H and O–H groups in total. The molecule has 2 heteroatoms. The third kappa shape index (κ3) is 4.36. The van der Waals surface area contributed by atoms with Crippen LogP contribution >= 0.6 is 7.26 Å². The lowest BCUT2D eigenvalue weighted by Gasteiger charge is -2.30. The van der Waals surface area contributed by atoms with Gasteiger partial charge in [0.2, 0.25) is 0 Å². The van der Waals surface area contributed by atoms with Crippen LogP contribution in [0.15, 0.2) is 115 Å². The lowest BCUT2D eigenvalue weighted by molar-refractivity contribution is -0.00000581. The molecule has 0 atom stereocenters. The Labute approximate surface area is 187 Å². The van der Waals surface area contributed by atoms with Gasteiger partial charge in [-0.2, -0.15) is 0 Å². The second kappa shape index (κ2) is 10.1. The standard InChI is InChI=1S/C28H28P.ClH/c1-23(2)27-20-12-13-21-28(27)29(25-16-8-4-9-17-25,26-18-10-5-11-19-26)22-24-14-6-3-7-15-24;/h3-21,23H,22H2,1-2H3;1H/q+1;/p-1. The van der Waals surface area contributed by atoms with Crippen LogP contribution in [0.5, 0.6) is 0 Å². The average Bonchev–Trinajstić information content (AvgIpc) is 2.79. The van der Waals surface area contributed by atoms with Gasteiger partial charge in [-0.1, -0.05) is 98.8 Å². The van der Waals surface area contributed by atoms with Crippen LogP contribution in [0.4, 0.5) is 0 Å². The largest absolute Gasteiger partial charge is 1.00 e. The van der Waals surface area contributed by atoms with Gasteiger partial charge >= 0.3 is 0 Å². The lowest BCUT2D eigenvalue weighted by atomic mass is 10.0. The van der Waals surface area contributed by atoms with Gasteiger partial charge in [0.05, 0.1) is 6.16 Å². The minimum atomic E-state index is -1.87. The molecule has 0 unspecified atom stereocenters. The van der Waals surface area contributed by atoms with E-state index < -0.39 is 7.26 Å². The van der Waals surface area contributed by atoms with Crippen LogP contribution < -0.4 is 28.3 Å². The van der Waals surface area contributed by atoms with Crippen LogP contribution in [0.1, 0.15) is 30.9 Å². The van der Waals surface area contributed by atoms with Crippen molar-refractivity contribution in [2.24, 2.45) is 0 Å². The van der Waals surface area contributed by atoms with Crippen LogP contribution in [-0.4, -0.2) is 0 Å². The Morgan fingerprint density at radius 3 is 1.50 bits per heavy atom. The number of hydrogen-bond donors (Lipinski definition) is 0. The topological polar surface area (TPSA) is 0 Å². The van der Waals surface area contributed by atoms with Gasteiger partial charge in [-0.3, -0.25) is 0 Å². The maximum absolute atomic E-state index is 2.38. The summed E-state index contributed by atoms with van der Waals surface area (Å²) in [4.78, 5) is 0. The molecule has 0 amide bonds. The van der Waals surface area contributed by atoms with Gasteiger partial charge in [-0.05, 0) is 47.4 Å². The number of rotatable bonds is 6. The number of halogens is 1. The van der Waals surface area contributed by atoms with Crippen molar-refractivity contribution >= 4 is 23.2 Å². The second-order valence-electron chi connectivity index (χ2n) is 7.84. The average molecular weight is 431 g/mol. The van der Waals surface area contributed by atoms with E-state index in [0.29, 0.717) is 5.92 Å². The van der Waals surface area contributed by atoms with Crippen LogP contribution in [0, 0.1) is 0 Å². The van der Waals surface area contributed by atoms with Gasteiger partial charge in [0.15, 0.2) is 0 Å². The monoisotopic (exact) mass is 430 g/mol. The first-order chi connectivity index (χ1) is 14.2. The Morgan fingerprint density at radius 1 is 0.567 bits per heavy atom. The maximum atomic E-state index is 2.38. The summed E-state index contributed by atoms with van der Waals surface area (Å²) in [5.74, 6) is 0.480. The van der Waals surface area contributed by atoms with Gasteiger partial charge < -0.3 is 12.4 Å². The molecule has 4 rings (SSSR count). The quantitative estimate of drug-likeness (QED) is 0.412. The number of hydrogen-bond acceptors (Lipinski definition) is 0. The first kappa shape index (κ1) is 22.3. The summed E-state index contributed by atoms with van der Waals surface area (Å²) < 4.78 is 0. The Kier molecular flexibility index (Phi) is 7.48. The fourth-order valence-electron chi connectivity index (χ4n) is 4.24. The molecule has 0 aliphatic rings. The van der Waals surface area contributed by atoms with E-state index in [2.05, 4.69) is 129 Å². The summed E-state index contributed by atoms with van der Waals surface area (Å²) in [5.41, 5.74) is 2.86. The Balaban J connectivity index is 0.00000256. The summed E-state index contributed by atoms with van der Waals surface area (Å²) in [7, 11) is -1.87. The third-order valence-corrected chi connectivity index (χ3v) is 10.1. The number of benzene rings is 4. The molecule has 0 nitrogen and oxygen atoms in total. The summed E-state index contributed by atoms with van der Waals surface area (Å²) in [5, 5.41) is 4.41. The molecular weight excluding hydrogens is 403 g/mol. The van der Waals surface area contributed by atoms with Gasteiger partial charge in [-0.15, -0.1) is 0 Å². The fraction of sp³-hybridized carbons (Fsp3) is 0.143. The normalized spacial score (nSPS) is 11.2. The van der Waals surface area contributed by atoms with E-state index in [0.717, 1.165) is 6.16 Å². The van der Waals surface area contributed by atoms with E-state index in [-0.39, 0.29) is 12.4 Å². The summed E-state index contributed by atoms with van der Waals surface area (Å²) in [6.07, 6.45) is 1.03. The van der Waals surface area contributed by atoms with Crippen molar-refractivity contribution in [3.63, 3.8) is 0 Å². The predicted octanol–water partition coefficient (Wildman–Crippen LogP) is 3.31. The van der Waals surface area contributed by atoms with Crippen molar-refractivity contribution in [2.75, 3.05) is 0 Å². The van der Waals surface area contributed by atoms with Crippen molar-refractivity contribution in [3.8, 4) is 0 Å². The highest BCUT2D eigenvalue weighted by Crippen LogP contribution is 2.59. The lowest BCUT2D eigenvalue weighted by Crippen LogP contribution is -3.00. The molecule has 0 spiro atoms. The zero-order valence-electron chi connectivity index (χ0n) is 17.6. The molecule has 152 valence electrons. The van der Waals surface area contributed by atoms with Gasteiger partial charge in [0.25, 0.3) is 0 Å². The zero-order valence-corrected chi connectivity index (χ0v) is 19.2. The highest BCUT2D eigenvalue weighted by atomic mass is 35.5. The molecule has 30 heavy (non-hydrogen) atoms. The van der Waals surface area contributed by atoms with E-state index in [1.54, 1.807) is 0 Å². The van der Waals surface area contributed by atoms with Gasteiger partial charge in [0.1, 0.15) is 23.2 Å². The van der Waals surface area contributed by atoms with E-state index in [1.807, 2.05) is 0 Å². The third-order valence-electron chi connectivity index (χ3n) is 5.63. The first-order valence-corrected chi connectivity index (χ1v) is 12.3. The predicted molar refractivity (Wildman–Crippen MR) is 129 cm³/mol. The molecule has 4 aromatic rings. The van der Waals surface area contributed by atoms with Crippen molar-refractivity contribution in [1.29, 1.82) is 0 Å². The molecule has 0 aromatic heterocycles. The summed E-state index contributed by atoms with van der Waals surface area (Å²) in [6, 6.07) is 42.4. The van der Waals surface area contributed by atoms with Gasteiger partial charge in [-0.25, -0.2) is 0 Å². The molecule has 0 radical (unpaired) electrons. The highest BCUT2D eigenvalue weighted by molar-refractivity contribution is 7.95. The van der Waals surface area contributed by atoms with Crippen LogP contribution in [0.3, 0.4) is 0 Å². The van der Waals surface area contributed by atoms with Crippen molar-refractivity contribution in [3.05, 3.63) is 126 Å². The summed E-state index contributed by atoms with van der Waals surface area (Å²) >= 11 is 0. The fourth-order valence-corrected chi connectivity index (χ4v) is 8.87. The Hall–Kier alpha value is -2.40. The Morgan fingerprint density at radius 2 is 1.00 bits per heavy atom. The molecule has 0 fully saturated rings. The summed E-state index contributed by atoms with van der Waals surface area (Å²) in [6.45, 7) is 4.62. The van der Waals surface area contributed by atoms with Crippen LogP contribution in [0.2, 0.25) is 0 Å². The smallest absolute Gasteiger partial charge is 0.116 e. The molecule has 0 aliphatic heterocycles. The first-order valence-electron chi connectivity index (χ1n) is 10.3. The molecule has 4 aromatic carbocycles. The van der Waals surface area contributed by atoms with E-state index in [9.17, 15) is 0 Å². The molecule has 0 aliphatic carbocycles. The van der Waals surface area contributed by atoms with E-state index in [4.69, 9.17) is 0 Å².